The first-order valence-corrected chi connectivity index (χ1v) is 7.65. The van der Waals surface area contributed by atoms with E-state index in [-0.39, 0.29) is 11.0 Å². The van der Waals surface area contributed by atoms with Crippen molar-refractivity contribution < 1.29 is 4.39 Å². The van der Waals surface area contributed by atoms with Gasteiger partial charge in [-0.3, -0.25) is 0 Å². The van der Waals surface area contributed by atoms with Crippen LogP contribution >= 0.6 is 0 Å². The summed E-state index contributed by atoms with van der Waals surface area (Å²) in [6, 6.07) is 28.2. The number of benzene rings is 4. The molecule has 4 rings (SSSR count). The number of rotatable bonds is 2. The third-order valence-electron chi connectivity index (χ3n) is 4.27. The first kappa shape index (κ1) is 16.2. The van der Waals surface area contributed by atoms with E-state index in [9.17, 15) is 4.39 Å². The SMILES string of the molecule is FC=C(c1cccc2ccccc12)c1cccc2ccccc12.[SiH4]. The van der Waals surface area contributed by atoms with Crippen LogP contribution in [0.1, 0.15) is 11.1 Å². The zero-order valence-electron chi connectivity index (χ0n) is 12.5. The van der Waals surface area contributed by atoms with E-state index in [2.05, 4.69) is 24.3 Å². The van der Waals surface area contributed by atoms with Crippen molar-refractivity contribution >= 4 is 38.1 Å². The lowest BCUT2D eigenvalue weighted by Crippen LogP contribution is -1.91. The van der Waals surface area contributed by atoms with Crippen LogP contribution < -0.4 is 0 Å². The fraction of sp³-hybridized carbons (Fsp3) is 0. The molecular formula is C22H19FSi. The quantitative estimate of drug-likeness (QED) is 0.459. The predicted molar refractivity (Wildman–Crippen MR) is 107 cm³/mol. The average Bonchev–Trinajstić information content (AvgIpc) is 2.63. The van der Waals surface area contributed by atoms with Gasteiger partial charge in [-0.05, 0) is 43.6 Å². The molecule has 0 saturated heterocycles. The van der Waals surface area contributed by atoms with Crippen LogP contribution in [0.2, 0.25) is 0 Å². The summed E-state index contributed by atoms with van der Waals surface area (Å²) in [6.45, 7) is 0. The van der Waals surface area contributed by atoms with Crippen molar-refractivity contribution in [3.63, 3.8) is 0 Å². The second-order valence-corrected chi connectivity index (χ2v) is 5.58. The molecule has 0 spiro atoms. The molecule has 0 amide bonds. The molecule has 24 heavy (non-hydrogen) atoms. The molecule has 0 bridgehead atoms. The third-order valence-corrected chi connectivity index (χ3v) is 4.27. The molecule has 0 aliphatic carbocycles. The molecule has 118 valence electrons. The Bertz CT molecular complexity index is 942. The van der Waals surface area contributed by atoms with Gasteiger partial charge in [-0.15, -0.1) is 0 Å². The lowest BCUT2D eigenvalue weighted by Gasteiger charge is -2.12. The van der Waals surface area contributed by atoms with Gasteiger partial charge in [0.25, 0.3) is 0 Å². The van der Waals surface area contributed by atoms with Crippen molar-refractivity contribution in [3.05, 3.63) is 102 Å². The normalized spacial score (nSPS) is 10.4. The monoisotopic (exact) mass is 330 g/mol. The van der Waals surface area contributed by atoms with E-state index in [0.29, 0.717) is 5.57 Å². The lowest BCUT2D eigenvalue weighted by atomic mass is 9.91. The van der Waals surface area contributed by atoms with Crippen molar-refractivity contribution in [1.29, 1.82) is 0 Å². The lowest BCUT2D eigenvalue weighted by molar-refractivity contribution is 0.724. The van der Waals surface area contributed by atoms with E-state index in [1.165, 1.54) is 0 Å². The molecule has 0 saturated carbocycles. The summed E-state index contributed by atoms with van der Waals surface area (Å²) in [5.41, 5.74) is 2.46. The summed E-state index contributed by atoms with van der Waals surface area (Å²) < 4.78 is 13.9. The molecule has 0 aliphatic heterocycles. The summed E-state index contributed by atoms with van der Waals surface area (Å²) >= 11 is 0. The number of fused-ring (bicyclic) bond motifs is 2. The van der Waals surface area contributed by atoms with Crippen molar-refractivity contribution in [2.75, 3.05) is 0 Å². The van der Waals surface area contributed by atoms with Gasteiger partial charge in [0, 0.05) is 5.57 Å². The molecular weight excluding hydrogens is 311 g/mol. The van der Waals surface area contributed by atoms with Crippen molar-refractivity contribution in [2.45, 2.75) is 0 Å². The topological polar surface area (TPSA) is 0 Å². The maximum absolute atomic E-state index is 13.9. The number of hydrogen-bond donors (Lipinski definition) is 0. The zero-order valence-corrected chi connectivity index (χ0v) is 12.5. The van der Waals surface area contributed by atoms with Crippen LogP contribution in [0.3, 0.4) is 0 Å². The van der Waals surface area contributed by atoms with Gasteiger partial charge in [0.1, 0.15) is 0 Å². The van der Waals surface area contributed by atoms with Crippen LogP contribution in [-0.4, -0.2) is 11.0 Å². The van der Waals surface area contributed by atoms with E-state index in [0.717, 1.165) is 39.0 Å². The van der Waals surface area contributed by atoms with Crippen LogP contribution in [0.25, 0.3) is 27.1 Å². The maximum atomic E-state index is 13.9. The average molecular weight is 330 g/mol. The molecule has 0 aromatic heterocycles. The minimum absolute atomic E-state index is 0. The molecule has 4 aromatic carbocycles. The van der Waals surface area contributed by atoms with Crippen molar-refractivity contribution in [1.82, 2.24) is 0 Å². The summed E-state index contributed by atoms with van der Waals surface area (Å²) in [5.74, 6) is 0. The van der Waals surface area contributed by atoms with Gasteiger partial charge in [0.2, 0.25) is 0 Å². The van der Waals surface area contributed by atoms with Gasteiger partial charge in [-0.2, -0.15) is 0 Å². The number of halogens is 1. The van der Waals surface area contributed by atoms with E-state index in [1.807, 2.05) is 60.7 Å². The molecule has 0 radical (unpaired) electrons. The Balaban J connectivity index is 0.00000169. The van der Waals surface area contributed by atoms with E-state index < -0.39 is 0 Å². The van der Waals surface area contributed by atoms with Gasteiger partial charge in [-0.1, -0.05) is 84.9 Å². The first-order chi connectivity index (χ1) is 11.4. The standard InChI is InChI=1S/C22H15F.H4Si/c23-15-22(20-13-5-9-16-7-1-3-11-18(16)20)21-14-6-10-17-8-2-4-12-19(17)21;/h1-15H;1H4. The summed E-state index contributed by atoms with van der Waals surface area (Å²) in [6.07, 6.45) is 0.726. The zero-order chi connectivity index (χ0) is 15.6. The fourth-order valence-electron chi connectivity index (χ4n) is 3.18. The highest BCUT2D eigenvalue weighted by Gasteiger charge is 2.11. The van der Waals surface area contributed by atoms with Gasteiger partial charge >= 0.3 is 0 Å². The van der Waals surface area contributed by atoms with Crippen LogP contribution in [0.4, 0.5) is 4.39 Å². The summed E-state index contributed by atoms with van der Waals surface area (Å²) in [5, 5.41) is 4.35. The highest BCUT2D eigenvalue weighted by Crippen LogP contribution is 2.33. The Morgan fingerprint density at radius 3 is 1.46 bits per heavy atom. The van der Waals surface area contributed by atoms with Crippen molar-refractivity contribution in [2.24, 2.45) is 0 Å². The molecule has 0 aliphatic rings. The highest BCUT2D eigenvalue weighted by atomic mass is 28.1. The highest BCUT2D eigenvalue weighted by molar-refractivity contribution is 6.03. The van der Waals surface area contributed by atoms with Crippen LogP contribution in [0, 0.1) is 0 Å². The Labute approximate surface area is 145 Å². The van der Waals surface area contributed by atoms with Gasteiger partial charge in [0.15, 0.2) is 0 Å². The molecule has 0 unspecified atom stereocenters. The molecule has 4 aromatic rings. The van der Waals surface area contributed by atoms with E-state index in [1.54, 1.807) is 0 Å². The number of hydrogen-bond acceptors (Lipinski definition) is 0. The predicted octanol–water partition coefficient (Wildman–Crippen LogP) is 4.90. The Hall–Kier alpha value is -2.71. The van der Waals surface area contributed by atoms with Crippen LogP contribution in [-0.2, 0) is 0 Å². The minimum atomic E-state index is 0. The molecule has 0 fully saturated rings. The van der Waals surface area contributed by atoms with Gasteiger partial charge < -0.3 is 0 Å². The van der Waals surface area contributed by atoms with Crippen LogP contribution in [0.5, 0.6) is 0 Å². The summed E-state index contributed by atoms with van der Waals surface area (Å²) in [7, 11) is 0. The van der Waals surface area contributed by atoms with Gasteiger partial charge in [-0.25, -0.2) is 4.39 Å². The van der Waals surface area contributed by atoms with Gasteiger partial charge in [0.05, 0.1) is 6.33 Å². The molecule has 2 heteroatoms. The maximum Gasteiger partial charge on any atom is 0.0951 e. The fourth-order valence-corrected chi connectivity index (χ4v) is 3.18. The molecule has 0 atom stereocenters. The molecule has 0 N–H and O–H groups in total. The second-order valence-electron chi connectivity index (χ2n) is 5.58. The Morgan fingerprint density at radius 1 is 0.583 bits per heavy atom. The Kier molecular flexibility index (Phi) is 4.58. The molecule has 0 nitrogen and oxygen atoms in total. The summed E-state index contributed by atoms with van der Waals surface area (Å²) in [4.78, 5) is 0. The smallest absolute Gasteiger partial charge is 0.0951 e. The first-order valence-electron chi connectivity index (χ1n) is 7.65. The third kappa shape index (κ3) is 2.66. The van der Waals surface area contributed by atoms with Crippen molar-refractivity contribution in [3.8, 4) is 0 Å². The minimum Gasteiger partial charge on any atom is -0.215 e. The Morgan fingerprint density at radius 2 is 1.00 bits per heavy atom. The van der Waals surface area contributed by atoms with E-state index >= 15 is 0 Å². The second kappa shape index (κ2) is 6.81. The molecule has 0 heterocycles. The largest absolute Gasteiger partial charge is 0.215 e. The van der Waals surface area contributed by atoms with E-state index in [4.69, 9.17) is 0 Å². The van der Waals surface area contributed by atoms with Crippen LogP contribution in [0.15, 0.2) is 91.3 Å².